The van der Waals surface area contributed by atoms with E-state index >= 15 is 0 Å². The molecule has 0 fully saturated rings. The minimum atomic E-state index is -0.504. The van der Waals surface area contributed by atoms with Crippen molar-refractivity contribution in [2.75, 3.05) is 13.7 Å². The number of methoxy groups -OCH3 is 1. The van der Waals surface area contributed by atoms with Crippen LogP contribution < -0.4 is 10.5 Å². The fraction of sp³-hybridized carbons (Fsp3) is 0.500. The number of nitrogens with two attached hydrogens (primary N) is 1. The van der Waals surface area contributed by atoms with Gasteiger partial charge in [-0.25, -0.2) is 0 Å². The van der Waals surface area contributed by atoms with Gasteiger partial charge in [0, 0.05) is 13.3 Å². The van der Waals surface area contributed by atoms with Crippen molar-refractivity contribution >= 4 is 5.91 Å². The van der Waals surface area contributed by atoms with E-state index < -0.39 is 5.91 Å². The van der Waals surface area contributed by atoms with Gasteiger partial charge in [-0.2, -0.15) is 0 Å². The number of hydrogen-bond acceptors (Lipinski definition) is 4. The van der Waals surface area contributed by atoms with Crippen molar-refractivity contribution in [3.8, 4) is 5.75 Å². The van der Waals surface area contributed by atoms with E-state index in [4.69, 9.17) is 15.2 Å². The molecule has 94 valence electrons. The van der Waals surface area contributed by atoms with E-state index in [0.717, 1.165) is 12.8 Å². The van der Waals surface area contributed by atoms with Crippen LogP contribution in [-0.2, 0) is 4.74 Å². The molecule has 0 radical (unpaired) electrons. The monoisotopic (exact) mass is 238 g/mol. The van der Waals surface area contributed by atoms with Gasteiger partial charge in [0.25, 0.3) is 0 Å². The first-order valence-corrected chi connectivity index (χ1v) is 5.54. The summed E-state index contributed by atoms with van der Waals surface area (Å²) < 4.78 is 10.6. The average molecular weight is 238 g/mol. The molecule has 0 aliphatic heterocycles. The van der Waals surface area contributed by atoms with Gasteiger partial charge in [0.1, 0.15) is 5.75 Å². The van der Waals surface area contributed by atoms with Gasteiger partial charge in [-0.15, -0.1) is 0 Å². The smallest absolute Gasteiger partial charge is 0.250 e. The Morgan fingerprint density at radius 2 is 2.29 bits per heavy atom. The minimum absolute atomic E-state index is 0.230. The molecule has 0 saturated heterocycles. The maximum atomic E-state index is 10.9. The number of carbonyl (C=O) groups is 1. The molecule has 17 heavy (non-hydrogen) atoms. The Balaban J connectivity index is 2.36. The van der Waals surface area contributed by atoms with Crippen molar-refractivity contribution in [2.45, 2.75) is 25.9 Å². The number of amides is 1. The molecule has 5 heteroatoms. The second kappa shape index (κ2) is 6.85. The molecule has 5 nitrogen and oxygen atoms in total. The van der Waals surface area contributed by atoms with Gasteiger partial charge in [-0.05, 0) is 25.8 Å². The molecule has 0 aliphatic carbocycles. The number of rotatable bonds is 7. The Morgan fingerprint density at radius 3 is 2.94 bits per heavy atom. The highest BCUT2D eigenvalue weighted by atomic mass is 16.5. The average Bonchev–Trinajstić information content (AvgIpc) is 2.34. The topological polar surface area (TPSA) is 74.4 Å². The summed E-state index contributed by atoms with van der Waals surface area (Å²) in [4.78, 5) is 14.8. The molecule has 1 unspecified atom stereocenters. The molecule has 0 bridgehead atoms. The molecule has 0 aliphatic rings. The van der Waals surface area contributed by atoms with Crippen molar-refractivity contribution in [1.82, 2.24) is 4.98 Å². The predicted octanol–water partition coefficient (Wildman–Crippen LogP) is 1.37. The summed E-state index contributed by atoms with van der Waals surface area (Å²) in [7, 11) is 1.69. The second-order valence-electron chi connectivity index (χ2n) is 3.81. The van der Waals surface area contributed by atoms with Crippen molar-refractivity contribution < 1.29 is 14.3 Å². The molecule has 0 saturated carbocycles. The molecular weight excluding hydrogens is 220 g/mol. The number of hydrogen-bond donors (Lipinski definition) is 1. The van der Waals surface area contributed by atoms with Gasteiger partial charge in [-0.3, -0.25) is 9.78 Å². The third-order valence-corrected chi connectivity index (χ3v) is 2.42. The van der Waals surface area contributed by atoms with Crippen LogP contribution in [0.4, 0.5) is 0 Å². The van der Waals surface area contributed by atoms with E-state index in [0.29, 0.717) is 17.9 Å². The highest BCUT2D eigenvalue weighted by molar-refractivity contribution is 5.92. The van der Waals surface area contributed by atoms with Crippen molar-refractivity contribution in [3.05, 3.63) is 24.0 Å². The van der Waals surface area contributed by atoms with Crippen LogP contribution in [-0.4, -0.2) is 30.7 Å². The number of ether oxygens (including phenoxy) is 2. The molecular formula is C12H18N2O3. The number of nitrogens with zero attached hydrogens (tertiary/aromatic N) is 1. The molecule has 1 aromatic rings. The zero-order chi connectivity index (χ0) is 12.7. The SMILES string of the molecule is COC(C)CCCOc1cncc(C(N)=O)c1. The van der Waals surface area contributed by atoms with Crippen LogP contribution in [0.1, 0.15) is 30.1 Å². The normalized spacial score (nSPS) is 12.1. The van der Waals surface area contributed by atoms with Crippen LogP contribution in [0.3, 0.4) is 0 Å². The molecule has 1 aromatic heterocycles. The molecule has 1 rings (SSSR count). The second-order valence-corrected chi connectivity index (χ2v) is 3.81. The standard InChI is InChI=1S/C12H18N2O3/c1-9(16-2)4-3-5-17-11-6-10(12(13)15)7-14-8-11/h6-9H,3-5H2,1-2H3,(H2,13,15). The van der Waals surface area contributed by atoms with Crippen LogP contribution in [0, 0.1) is 0 Å². The van der Waals surface area contributed by atoms with Crippen LogP contribution in [0.25, 0.3) is 0 Å². The zero-order valence-corrected chi connectivity index (χ0v) is 10.2. The van der Waals surface area contributed by atoms with E-state index in [1.54, 1.807) is 19.4 Å². The maximum Gasteiger partial charge on any atom is 0.250 e. The fourth-order valence-electron chi connectivity index (χ4n) is 1.31. The molecule has 1 amide bonds. The zero-order valence-electron chi connectivity index (χ0n) is 10.2. The van der Waals surface area contributed by atoms with Crippen molar-refractivity contribution in [1.29, 1.82) is 0 Å². The van der Waals surface area contributed by atoms with Gasteiger partial charge in [0.05, 0.1) is 24.5 Å². The quantitative estimate of drug-likeness (QED) is 0.728. The van der Waals surface area contributed by atoms with Crippen LogP contribution in [0.5, 0.6) is 5.75 Å². The van der Waals surface area contributed by atoms with E-state index in [9.17, 15) is 4.79 Å². The lowest BCUT2D eigenvalue weighted by atomic mass is 10.2. The van der Waals surface area contributed by atoms with Gasteiger partial charge >= 0.3 is 0 Å². The molecule has 0 spiro atoms. The lowest BCUT2D eigenvalue weighted by Gasteiger charge is -2.10. The first kappa shape index (κ1) is 13.4. The van der Waals surface area contributed by atoms with Gasteiger partial charge in [0.2, 0.25) is 5.91 Å². The summed E-state index contributed by atoms with van der Waals surface area (Å²) in [6.45, 7) is 2.58. The lowest BCUT2D eigenvalue weighted by molar-refractivity contribution is 0.0999. The molecule has 0 aromatic carbocycles. The van der Waals surface area contributed by atoms with E-state index in [-0.39, 0.29) is 6.10 Å². The first-order chi connectivity index (χ1) is 8.13. The predicted molar refractivity (Wildman–Crippen MR) is 64.0 cm³/mol. The molecule has 1 heterocycles. The maximum absolute atomic E-state index is 10.9. The van der Waals surface area contributed by atoms with Gasteiger partial charge in [0.15, 0.2) is 0 Å². The number of pyridine rings is 1. The third kappa shape index (κ3) is 4.82. The summed E-state index contributed by atoms with van der Waals surface area (Å²) in [5.74, 6) is 0.0577. The van der Waals surface area contributed by atoms with E-state index in [1.165, 1.54) is 6.20 Å². The van der Waals surface area contributed by atoms with Crippen LogP contribution in [0.15, 0.2) is 18.5 Å². The summed E-state index contributed by atoms with van der Waals surface area (Å²) in [6.07, 6.45) is 5.03. The van der Waals surface area contributed by atoms with Crippen LogP contribution >= 0.6 is 0 Å². The summed E-state index contributed by atoms with van der Waals surface area (Å²) in [5.41, 5.74) is 5.50. The largest absolute Gasteiger partial charge is 0.492 e. The first-order valence-electron chi connectivity index (χ1n) is 5.54. The Kier molecular flexibility index (Phi) is 5.42. The van der Waals surface area contributed by atoms with E-state index in [1.807, 2.05) is 6.92 Å². The number of aromatic nitrogens is 1. The Hall–Kier alpha value is -1.62. The van der Waals surface area contributed by atoms with Crippen molar-refractivity contribution in [2.24, 2.45) is 5.73 Å². The number of carbonyl (C=O) groups excluding carboxylic acids is 1. The Labute approximate surface area is 101 Å². The molecule has 2 N–H and O–H groups in total. The fourth-order valence-corrected chi connectivity index (χ4v) is 1.31. The Morgan fingerprint density at radius 1 is 1.53 bits per heavy atom. The summed E-state index contributed by atoms with van der Waals surface area (Å²) in [5, 5.41) is 0. The highest BCUT2D eigenvalue weighted by Gasteiger charge is 2.03. The van der Waals surface area contributed by atoms with Crippen molar-refractivity contribution in [3.63, 3.8) is 0 Å². The van der Waals surface area contributed by atoms with Gasteiger partial charge < -0.3 is 15.2 Å². The summed E-state index contributed by atoms with van der Waals surface area (Å²) in [6, 6.07) is 1.59. The Bertz CT molecular complexity index is 369. The van der Waals surface area contributed by atoms with Crippen LogP contribution in [0.2, 0.25) is 0 Å². The summed E-state index contributed by atoms with van der Waals surface area (Å²) >= 11 is 0. The third-order valence-electron chi connectivity index (χ3n) is 2.42. The number of primary amides is 1. The lowest BCUT2D eigenvalue weighted by Crippen LogP contribution is -2.12. The van der Waals surface area contributed by atoms with E-state index in [2.05, 4.69) is 4.98 Å². The highest BCUT2D eigenvalue weighted by Crippen LogP contribution is 2.11. The van der Waals surface area contributed by atoms with Gasteiger partial charge in [-0.1, -0.05) is 0 Å². The minimum Gasteiger partial charge on any atom is -0.492 e. The molecule has 1 atom stereocenters.